The van der Waals surface area contributed by atoms with E-state index in [-0.39, 0.29) is 12.8 Å². The van der Waals surface area contributed by atoms with Gasteiger partial charge in [-0.05, 0) is 25.5 Å². The number of amides is 2. The third kappa shape index (κ3) is 4.90. The van der Waals surface area contributed by atoms with E-state index in [1.807, 2.05) is 5.32 Å². The highest BCUT2D eigenvalue weighted by Gasteiger charge is 2.13. The molecule has 0 heterocycles. The molecule has 7 heteroatoms. The van der Waals surface area contributed by atoms with Crippen LogP contribution in [0.1, 0.15) is 19.8 Å². The molecule has 0 saturated heterocycles. The lowest BCUT2D eigenvalue weighted by Crippen LogP contribution is -2.36. The molecule has 2 amide bonds. The van der Waals surface area contributed by atoms with Crippen LogP contribution in [-0.2, 0) is 4.79 Å². The van der Waals surface area contributed by atoms with E-state index in [4.69, 9.17) is 5.11 Å². The van der Waals surface area contributed by atoms with Gasteiger partial charge in [0.1, 0.15) is 17.3 Å². The third-order valence-electron chi connectivity index (χ3n) is 2.37. The van der Waals surface area contributed by atoms with Crippen molar-refractivity contribution < 1.29 is 23.5 Å². The van der Waals surface area contributed by atoms with Gasteiger partial charge in [0.05, 0.1) is 0 Å². The topological polar surface area (TPSA) is 78.4 Å². The summed E-state index contributed by atoms with van der Waals surface area (Å²) < 4.78 is 26.5. The molecule has 0 aromatic heterocycles. The Hall–Kier alpha value is -2.18. The Morgan fingerprint density at radius 3 is 2.42 bits per heavy atom. The van der Waals surface area contributed by atoms with E-state index in [1.165, 1.54) is 6.07 Å². The molecule has 0 aliphatic carbocycles. The zero-order valence-corrected chi connectivity index (χ0v) is 10.2. The first kappa shape index (κ1) is 14.9. The first-order valence-electron chi connectivity index (χ1n) is 5.63. The summed E-state index contributed by atoms with van der Waals surface area (Å²) in [5.41, 5.74) is -0.537. The molecular formula is C12H14F2N2O3. The van der Waals surface area contributed by atoms with Crippen molar-refractivity contribution in [1.82, 2.24) is 5.32 Å². The van der Waals surface area contributed by atoms with E-state index in [1.54, 1.807) is 6.92 Å². The smallest absolute Gasteiger partial charge is 0.319 e. The Morgan fingerprint density at radius 2 is 1.89 bits per heavy atom. The minimum absolute atomic E-state index is 0.102. The number of carboxylic acids is 1. The Bertz CT molecular complexity index is 460. The molecule has 0 bridgehead atoms. The number of hydrogen-bond acceptors (Lipinski definition) is 2. The highest BCUT2D eigenvalue weighted by Crippen LogP contribution is 2.17. The molecule has 3 N–H and O–H groups in total. The summed E-state index contributed by atoms with van der Waals surface area (Å²) in [7, 11) is 0. The Kier molecular flexibility index (Phi) is 5.23. The quantitative estimate of drug-likeness (QED) is 0.769. The van der Waals surface area contributed by atoms with Gasteiger partial charge in [-0.1, -0.05) is 6.07 Å². The van der Waals surface area contributed by atoms with Crippen LogP contribution in [0.25, 0.3) is 0 Å². The van der Waals surface area contributed by atoms with Gasteiger partial charge in [-0.3, -0.25) is 4.79 Å². The van der Waals surface area contributed by atoms with Gasteiger partial charge in [0, 0.05) is 12.5 Å². The number of urea groups is 1. The van der Waals surface area contributed by atoms with Crippen LogP contribution < -0.4 is 10.6 Å². The SMILES string of the molecule is CC(CCC(=O)O)NC(=O)Nc1c(F)cccc1F. The van der Waals surface area contributed by atoms with Gasteiger partial charge in [0.15, 0.2) is 0 Å². The summed E-state index contributed by atoms with van der Waals surface area (Å²) >= 11 is 0. The summed E-state index contributed by atoms with van der Waals surface area (Å²) in [5.74, 6) is -2.74. The van der Waals surface area contributed by atoms with Crippen LogP contribution in [0.4, 0.5) is 19.3 Å². The maximum Gasteiger partial charge on any atom is 0.319 e. The van der Waals surface area contributed by atoms with E-state index in [2.05, 4.69) is 5.32 Å². The van der Waals surface area contributed by atoms with Crippen molar-refractivity contribution in [2.45, 2.75) is 25.8 Å². The number of carbonyl (C=O) groups excluding carboxylic acids is 1. The minimum atomic E-state index is -0.978. The van der Waals surface area contributed by atoms with Crippen molar-refractivity contribution in [2.24, 2.45) is 0 Å². The van der Waals surface area contributed by atoms with Gasteiger partial charge in [-0.15, -0.1) is 0 Å². The number of anilines is 1. The van der Waals surface area contributed by atoms with Crippen LogP contribution in [0.5, 0.6) is 0 Å². The molecule has 0 fully saturated rings. The number of carbonyl (C=O) groups is 2. The van der Waals surface area contributed by atoms with Gasteiger partial charge in [-0.2, -0.15) is 0 Å². The molecule has 1 aromatic carbocycles. The number of para-hydroxylation sites is 1. The molecule has 19 heavy (non-hydrogen) atoms. The molecule has 0 aliphatic heterocycles. The second-order valence-corrected chi connectivity index (χ2v) is 4.03. The fourth-order valence-corrected chi connectivity index (χ4v) is 1.40. The van der Waals surface area contributed by atoms with Crippen LogP contribution in [-0.4, -0.2) is 23.1 Å². The van der Waals surface area contributed by atoms with Gasteiger partial charge < -0.3 is 15.7 Å². The molecule has 104 valence electrons. The largest absolute Gasteiger partial charge is 0.481 e. The monoisotopic (exact) mass is 272 g/mol. The van der Waals surface area contributed by atoms with Crippen molar-refractivity contribution >= 4 is 17.7 Å². The molecule has 5 nitrogen and oxygen atoms in total. The van der Waals surface area contributed by atoms with Crippen LogP contribution in [0.2, 0.25) is 0 Å². The van der Waals surface area contributed by atoms with E-state index in [0.717, 1.165) is 12.1 Å². The molecular weight excluding hydrogens is 258 g/mol. The normalized spacial score (nSPS) is 11.7. The standard InChI is InChI=1S/C12H14F2N2O3/c1-7(5-6-10(17)18)15-12(19)16-11-8(13)3-2-4-9(11)14/h2-4,7H,5-6H2,1H3,(H,17,18)(H2,15,16,19). The van der Waals surface area contributed by atoms with Crippen molar-refractivity contribution in [2.75, 3.05) is 5.32 Å². The summed E-state index contributed by atoms with van der Waals surface area (Å²) in [6.07, 6.45) is 0.123. The zero-order valence-electron chi connectivity index (χ0n) is 10.2. The number of hydrogen-bond donors (Lipinski definition) is 3. The summed E-state index contributed by atoms with van der Waals surface area (Å²) in [4.78, 5) is 21.8. The van der Waals surface area contributed by atoms with Crippen LogP contribution in [0, 0.1) is 11.6 Å². The average Bonchev–Trinajstić information content (AvgIpc) is 2.31. The predicted octanol–water partition coefficient (Wildman–Crippen LogP) is 2.34. The number of benzene rings is 1. The Morgan fingerprint density at radius 1 is 1.32 bits per heavy atom. The van der Waals surface area contributed by atoms with E-state index >= 15 is 0 Å². The van der Waals surface area contributed by atoms with E-state index in [0.29, 0.717) is 0 Å². The third-order valence-corrected chi connectivity index (χ3v) is 2.37. The molecule has 1 unspecified atom stereocenters. The molecule has 1 rings (SSSR count). The molecule has 0 spiro atoms. The fourth-order valence-electron chi connectivity index (χ4n) is 1.40. The number of nitrogens with one attached hydrogen (secondary N) is 2. The highest BCUT2D eigenvalue weighted by molar-refractivity contribution is 5.89. The second-order valence-electron chi connectivity index (χ2n) is 4.03. The van der Waals surface area contributed by atoms with E-state index < -0.39 is 35.4 Å². The molecule has 0 radical (unpaired) electrons. The molecule has 1 aromatic rings. The highest BCUT2D eigenvalue weighted by atomic mass is 19.1. The van der Waals surface area contributed by atoms with Gasteiger partial charge in [0.25, 0.3) is 0 Å². The lowest BCUT2D eigenvalue weighted by molar-refractivity contribution is -0.137. The second kappa shape index (κ2) is 6.67. The van der Waals surface area contributed by atoms with Gasteiger partial charge >= 0.3 is 12.0 Å². The average molecular weight is 272 g/mol. The first-order valence-corrected chi connectivity index (χ1v) is 5.63. The van der Waals surface area contributed by atoms with Gasteiger partial charge in [0.2, 0.25) is 0 Å². The van der Waals surface area contributed by atoms with Crippen molar-refractivity contribution in [3.8, 4) is 0 Å². The first-order chi connectivity index (χ1) is 8.90. The van der Waals surface area contributed by atoms with Crippen molar-refractivity contribution in [3.05, 3.63) is 29.8 Å². The predicted molar refractivity (Wildman–Crippen MR) is 64.8 cm³/mol. The molecule has 0 aliphatic rings. The fraction of sp³-hybridized carbons (Fsp3) is 0.333. The summed E-state index contributed by atoms with van der Waals surface area (Å²) in [6, 6.07) is 2.01. The number of carboxylic acid groups (broad SMARTS) is 1. The Labute approximate surface area is 108 Å². The van der Waals surface area contributed by atoms with Crippen LogP contribution >= 0.6 is 0 Å². The van der Waals surface area contributed by atoms with Crippen LogP contribution in [0.15, 0.2) is 18.2 Å². The minimum Gasteiger partial charge on any atom is -0.481 e. The Balaban J connectivity index is 2.53. The maximum absolute atomic E-state index is 13.2. The summed E-state index contributed by atoms with van der Waals surface area (Å²) in [6.45, 7) is 1.60. The maximum atomic E-state index is 13.2. The van der Waals surface area contributed by atoms with E-state index in [9.17, 15) is 18.4 Å². The molecule has 0 saturated carbocycles. The lowest BCUT2D eigenvalue weighted by Gasteiger charge is -2.14. The lowest BCUT2D eigenvalue weighted by atomic mass is 10.2. The zero-order chi connectivity index (χ0) is 14.4. The summed E-state index contributed by atoms with van der Waals surface area (Å²) in [5, 5.41) is 12.9. The van der Waals surface area contributed by atoms with Gasteiger partial charge in [-0.25, -0.2) is 13.6 Å². The van der Waals surface area contributed by atoms with Crippen LogP contribution in [0.3, 0.4) is 0 Å². The molecule has 1 atom stereocenters. The number of halogens is 2. The van der Waals surface area contributed by atoms with Crippen molar-refractivity contribution in [3.63, 3.8) is 0 Å². The number of aliphatic carboxylic acids is 1. The number of rotatable bonds is 5. The van der Waals surface area contributed by atoms with Crippen molar-refractivity contribution in [1.29, 1.82) is 0 Å².